The predicted octanol–water partition coefficient (Wildman–Crippen LogP) is 3.71. The summed E-state index contributed by atoms with van der Waals surface area (Å²) >= 11 is 1.72. The Balaban J connectivity index is 1.56. The van der Waals surface area contributed by atoms with Gasteiger partial charge in [0.15, 0.2) is 0 Å². The highest BCUT2D eigenvalue weighted by molar-refractivity contribution is 7.10. The molecule has 26 heavy (non-hydrogen) atoms. The van der Waals surface area contributed by atoms with Crippen molar-refractivity contribution in [2.24, 2.45) is 0 Å². The van der Waals surface area contributed by atoms with Gasteiger partial charge in [-0.15, -0.1) is 11.3 Å². The minimum absolute atomic E-state index is 0.0246. The highest BCUT2D eigenvalue weighted by Crippen LogP contribution is 2.42. The Morgan fingerprint density at radius 1 is 1.12 bits per heavy atom. The predicted molar refractivity (Wildman–Crippen MR) is 104 cm³/mol. The molecule has 6 heteroatoms. The highest BCUT2D eigenvalue weighted by atomic mass is 32.1. The molecule has 0 aliphatic heterocycles. The summed E-state index contributed by atoms with van der Waals surface area (Å²) in [7, 11) is 0. The van der Waals surface area contributed by atoms with Gasteiger partial charge in [-0.1, -0.05) is 18.9 Å². The Hall–Kier alpha value is -2.34. The minimum atomic E-state index is -0.645. The van der Waals surface area contributed by atoms with E-state index in [2.05, 4.69) is 22.1 Å². The molecule has 1 aromatic heterocycles. The fourth-order valence-corrected chi connectivity index (χ4v) is 4.45. The average Bonchev–Trinajstić information content (AvgIpc) is 3.34. The van der Waals surface area contributed by atoms with Crippen LogP contribution < -0.4 is 15.4 Å². The minimum Gasteiger partial charge on any atom is -0.494 e. The van der Waals surface area contributed by atoms with E-state index in [0.717, 1.165) is 31.4 Å². The summed E-state index contributed by atoms with van der Waals surface area (Å²) in [6.45, 7) is 3.00. The molecule has 0 radical (unpaired) electrons. The largest absolute Gasteiger partial charge is 0.494 e. The van der Waals surface area contributed by atoms with Gasteiger partial charge in [0.1, 0.15) is 5.75 Å². The number of ether oxygens (including phenoxy) is 1. The van der Waals surface area contributed by atoms with Gasteiger partial charge in [-0.2, -0.15) is 0 Å². The number of carbonyl (C=O) groups is 2. The molecule has 2 aromatic rings. The van der Waals surface area contributed by atoms with Crippen molar-refractivity contribution in [1.82, 2.24) is 5.32 Å². The van der Waals surface area contributed by atoms with E-state index in [1.165, 1.54) is 4.88 Å². The van der Waals surface area contributed by atoms with Crippen molar-refractivity contribution in [2.75, 3.05) is 18.5 Å². The van der Waals surface area contributed by atoms with Crippen LogP contribution in [0.4, 0.5) is 5.69 Å². The van der Waals surface area contributed by atoms with E-state index in [0.29, 0.717) is 18.8 Å². The first-order valence-corrected chi connectivity index (χ1v) is 9.87. The van der Waals surface area contributed by atoms with Crippen molar-refractivity contribution in [3.8, 4) is 5.75 Å². The third kappa shape index (κ3) is 4.25. The monoisotopic (exact) mass is 372 g/mol. The number of hydrogen-bond acceptors (Lipinski definition) is 4. The van der Waals surface area contributed by atoms with Crippen molar-refractivity contribution >= 4 is 28.8 Å². The summed E-state index contributed by atoms with van der Waals surface area (Å²) in [6.07, 6.45) is 4.42. The molecule has 2 amide bonds. The van der Waals surface area contributed by atoms with E-state index in [4.69, 9.17) is 4.74 Å². The van der Waals surface area contributed by atoms with Gasteiger partial charge in [0.25, 0.3) is 0 Å². The first-order valence-electron chi connectivity index (χ1n) is 8.99. The molecule has 1 aliphatic rings. The van der Waals surface area contributed by atoms with Crippen LogP contribution in [0, 0.1) is 0 Å². The fourth-order valence-electron chi connectivity index (χ4n) is 3.46. The summed E-state index contributed by atoms with van der Waals surface area (Å²) in [5, 5.41) is 7.53. The lowest BCUT2D eigenvalue weighted by Crippen LogP contribution is -2.43. The number of amides is 2. The van der Waals surface area contributed by atoms with Crippen LogP contribution in [0.15, 0.2) is 41.8 Å². The van der Waals surface area contributed by atoms with Crippen LogP contribution in [-0.2, 0) is 15.0 Å². The van der Waals surface area contributed by atoms with Crippen molar-refractivity contribution < 1.29 is 14.3 Å². The summed E-state index contributed by atoms with van der Waals surface area (Å²) in [5.41, 5.74) is 0.547. The van der Waals surface area contributed by atoms with E-state index >= 15 is 0 Å². The zero-order chi connectivity index (χ0) is 18.4. The molecule has 2 N–H and O–H groups in total. The Morgan fingerprint density at radius 3 is 2.46 bits per heavy atom. The lowest BCUT2D eigenvalue weighted by Gasteiger charge is -2.28. The lowest BCUT2D eigenvalue weighted by molar-refractivity contribution is -0.136. The number of nitrogens with one attached hydrogen (secondary N) is 2. The standard InChI is InChI=1S/C20H24N2O3S/c1-2-25-16-9-7-15(8-10-16)22-19(24)18(23)21-14-20(11-3-4-12-20)17-6-5-13-26-17/h5-10,13H,2-4,11-12,14H2,1H3,(H,21,23)(H,22,24). The molecule has 0 saturated heterocycles. The Labute approximate surface area is 157 Å². The molecule has 3 rings (SSSR count). The van der Waals surface area contributed by atoms with E-state index < -0.39 is 11.8 Å². The zero-order valence-electron chi connectivity index (χ0n) is 14.9. The van der Waals surface area contributed by atoms with Crippen molar-refractivity contribution in [3.05, 3.63) is 46.7 Å². The van der Waals surface area contributed by atoms with Crippen LogP contribution in [0.1, 0.15) is 37.5 Å². The molecule has 1 aromatic carbocycles. The second-order valence-electron chi connectivity index (χ2n) is 6.56. The first-order chi connectivity index (χ1) is 12.6. The Kier molecular flexibility index (Phi) is 5.93. The molecule has 0 spiro atoms. The van der Waals surface area contributed by atoms with Crippen molar-refractivity contribution in [2.45, 2.75) is 38.0 Å². The van der Waals surface area contributed by atoms with Crippen molar-refractivity contribution in [3.63, 3.8) is 0 Å². The average molecular weight is 372 g/mol. The maximum atomic E-state index is 12.2. The highest BCUT2D eigenvalue weighted by Gasteiger charge is 2.37. The van der Waals surface area contributed by atoms with E-state index in [1.54, 1.807) is 35.6 Å². The van der Waals surface area contributed by atoms with Gasteiger partial charge in [-0.3, -0.25) is 9.59 Å². The smallest absolute Gasteiger partial charge is 0.313 e. The van der Waals surface area contributed by atoms with Gasteiger partial charge in [0, 0.05) is 22.5 Å². The van der Waals surface area contributed by atoms with Crippen LogP contribution in [0.3, 0.4) is 0 Å². The molecule has 1 fully saturated rings. The Morgan fingerprint density at radius 2 is 1.85 bits per heavy atom. The number of anilines is 1. The number of carbonyl (C=O) groups excluding carboxylic acids is 2. The molecule has 1 heterocycles. The topological polar surface area (TPSA) is 67.4 Å². The third-order valence-electron chi connectivity index (χ3n) is 4.82. The summed E-state index contributed by atoms with van der Waals surface area (Å²) in [5.74, 6) is -0.510. The Bertz CT molecular complexity index is 735. The maximum absolute atomic E-state index is 12.2. The molecule has 138 valence electrons. The van der Waals surface area contributed by atoms with E-state index in [-0.39, 0.29) is 5.41 Å². The SMILES string of the molecule is CCOc1ccc(NC(=O)C(=O)NCC2(c3cccs3)CCCC2)cc1. The number of rotatable bonds is 6. The van der Waals surface area contributed by atoms with Crippen molar-refractivity contribution in [1.29, 1.82) is 0 Å². The lowest BCUT2D eigenvalue weighted by atomic mass is 9.84. The normalized spacial score (nSPS) is 15.4. The van der Waals surface area contributed by atoms with Gasteiger partial charge >= 0.3 is 11.8 Å². The third-order valence-corrected chi connectivity index (χ3v) is 5.94. The molecule has 1 saturated carbocycles. The number of benzene rings is 1. The van der Waals surface area contributed by atoms with E-state index in [1.807, 2.05) is 13.0 Å². The van der Waals surface area contributed by atoms with Crippen LogP contribution in [-0.4, -0.2) is 25.0 Å². The number of hydrogen-bond donors (Lipinski definition) is 2. The molecular weight excluding hydrogens is 348 g/mol. The van der Waals surface area contributed by atoms with Crippen LogP contribution in [0.2, 0.25) is 0 Å². The van der Waals surface area contributed by atoms with Crippen LogP contribution in [0.5, 0.6) is 5.75 Å². The molecule has 0 atom stereocenters. The fraction of sp³-hybridized carbons (Fsp3) is 0.400. The molecule has 0 unspecified atom stereocenters. The number of thiophene rings is 1. The summed E-state index contributed by atoms with van der Waals surface area (Å²) in [6, 6.07) is 11.1. The first kappa shape index (κ1) is 18.5. The summed E-state index contributed by atoms with van der Waals surface area (Å²) < 4.78 is 5.36. The molecular formula is C20H24N2O3S. The molecule has 1 aliphatic carbocycles. The van der Waals surface area contributed by atoms with Gasteiger partial charge in [0.05, 0.1) is 6.61 Å². The van der Waals surface area contributed by atoms with Crippen LogP contribution in [0.25, 0.3) is 0 Å². The van der Waals surface area contributed by atoms with Gasteiger partial charge < -0.3 is 15.4 Å². The summed E-state index contributed by atoms with van der Waals surface area (Å²) in [4.78, 5) is 25.7. The maximum Gasteiger partial charge on any atom is 0.313 e. The van der Waals surface area contributed by atoms with Crippen LogP contribution >= 0.6 is 11.3 Å². The van der Waals surface area contributed by atoms with E-state index in [9.17, 15) is 9.59 Å². The second-order valence-corrected chi connectivity index (χ2v) is 7.51. The van der Waals surface area contributed by atoms with Gasteiger partial charge in [-0.05, 0) is 55.5 Å². The zero-order valence-corrected chi connectivity index (χ0v) is 15.7. The van der Waals surface area contributed by atoms with Gasteiger partial charge in [0.2, 0.25) is 0 Å². The molecule has 5 nitrogen and oxygen atoms in total. The molecule has 0 bridgehead atoms. The quantitative estimate of drug-likeness (QED) is 0.760. The second kappa shape index (κ2) is 8.36. The van der Waals surface area contributed by atoms with Gasteiger partial charge in [-0.25, -0.2) is 0 Å².